The van der Waals surface area contributed by atoms with E-state index in [1.807, 2.05) is 30.3 Å². The third-order valence-electron chi connectivity index (χ3n) is 2.07. The molecule has 5 nitrogen and oxygen atoms in total. The Hall–Kier alpha value is -1.74. The molecule has 0 atom stereocenters. The van der Waals surface area contributed by atoms with Gasteiger partial charge in [0.2, 0.25) is 0 Å². The first kappa shape index (κ1) is 10.8. The maximum Gasteiger partial charge on any atom is 0.265 e. The molecule has 16 heavy (non-hydrogen) atoms. The van der Waals surface area contributed by atoms with E-state index in [0.717, 1.165) is 5.56 Å². The predicted molar refractivity (Wildman–Crippen MR) is 60.5 cm³/mol. The molecule has 0 unspecified atom stereocenters. The summed E-state index contributed by atoms with van der Waals surface area (Å²) in [6.07, 6.45) is 0.463. The van der Waals surface area contributed by atoms with Gasteiger partial charge in [0.25, 0.3) is 4.99 Å². The first-order valence-corrected chi connectivity index (χ1v) is 5.76. The summed E-state index contributed by atoms with van der Waals surface area (Å²) < 4.78 is 0. The molecule has 0 aromatic heterocycles. The Kier molecular flexibility index (Phi) is 3.27. The van der Waals surface area contributed by atoms with Gasteiger partial charge in [0.05, 0.1) is 6.07 Å². The van der Waals surface area contributed by atoms with Crippen molar-refractivity contribution >= 4 is 11.8 Å². The average molecular weight is 231 g/mol. The molecule has 0 fully saturated rings. The number of benzene rings is 1. The SMILES string of the molecule is N#CCCSC1(c2ccccc2)N=NN=N1. The van der Waals surface area contributed by atoms with Gasteiger partial charge in [-0.25, -0.2) is 0 Å². The monoisotopic (exact) mass is 231 g/mol. The van der Waals surface area contributed by atoms with Gasteiger partial charge in [-0.2, -0.15) is 5.26 Å². The van der Waals surface area contributed by atoms with Gasteiger partial charge >= 0.3 is 0 Å². The number of hydrogen-bond donors (Lipinski definition) is 0. The van der Waals surface area contributed by atoms with E-state index in [0.29, 0.717) is 12.2 Å². The van der Waals surface area contributed by atoms with Crippen LogP contribution in [0.2, 0.25) is 0 Å². The maximum atomic E-state index is 8.52. The molecule has 80 valence electrons. The number of nitriles is 1. The van der Waals surface area contributed by atoms with Gasteiger partial charge in [-0.15, -0.1) is 10.2 Å². The number of nitrogens with zero attached hydrogens (tertiary/aromatic N) is 5. The Balaban J connectivity index is 2.21. The summed E-state index contributed by atoms with van der Waals surface area (Å²) in [4.78, 5) is -0.780. The molecule has 1 aromatic carbocycles. The first-order chi connectivity index (χ1) is 7.87. The van der Waals surface area contributed by atoms with Gasteiger partial charge < -0.3 is 0 Å². The van der Waals surface area contributed by atoms with Gasteiger partial charge in [-0.05, 0) is 10.4 Å². The van der Waals surface area contributed by atoms with E-state index < -0.39 is 4.99 Å². The minimum Gasteiger partial charge on any atom is -0.198 e. The normalized spacial score (nSPS) is 16.2. The largest absolute Gasteiger partial charge is 0.265 e. The minimum atomic E-state index is -0.780. The number of thioether (sulfide) groups is 1. The molecule has 0 saturated carbocycles. The molecule has 1 aliphatic heterocycles. The topological polar surface area (TPSA) is 73.2 Å². The summed E-state index contributed by atoms with van der Waals surface area (Å²) in [5.41, 5.74) is 0.933. The molecule has 0 amide bonds. The average Bonchev–Trinajstić information content (AvgIpc) is 2.81. The van der Waals surface area contributed by atoms with Crippen LogP contribution in [0, 0.1) is 11.3 Å². The minimum absolute atomic E-state index is 0.463. The van der Waals surface area contributed by atoms with Crippen LogP contribution < -0.4 is 0 Å². The van der Waals surface area contributed by atoms with E-state index in [2.05, 4.69) is 26.7 Å². The van der Waals surface area contributed by atoms with Crippen molar-refractivity contribution in [2.24, 2.45) is 20.7 Å². The molecule has 0 spiro atoms. The van der Waals surface area contributed by atoms with E-state index in [1.54, 1.807) is 0 Å². The van der Waals surface area contributed by atoms with Gasteiger partial charge in [0.1, 0.15) is 0 Å². The van der Waals surface area contributed by atoms with Crippen molar-refractivity contribution in [3.63, 3.8) is 0 Å². The lowest BCUT2D eigenvalue weighted by Gasteiger charge is -2.18. The molecule has 0 saturated heterocycles. The highest BCUT2D eigenvalue weighted by Crippen LogP contribution is 2.42. The van der Waals surface area contributed by atoms with Crippen LogP contribution in [-0.2, 0) is 4.99 Å². The molecule has 1 aliphatic rings. The Labute approximate surface area is 97.3 Å². The van der Waals surface area contributed by atoms with Crippen molar-refractivity contribution in [1.82, 2.24) is 0 Å². The summed E-state index contributed by atoms with van der Waals surface area (Å²) >= 11 is 1.47. The van der Waals surface area contributed by atoms with E-state index in [1.165, 1.54) is 11.8 Å². The third kappa shape index (κ3) is 2.09. The van der Waals surface area contributed by atoms with Crippen LogP contribution in [0.5, 0.6) is 0 Å². The zero-order chi connectivity index (χ0) is 11.3. The molecule has 1 aromatic rings. The lowest BCUT2D eigenvalue weighted by atomic mass is 10.2. The number of hydrogen-bond acceptors (Lipinski definition) is 6. The lowest BCUT2D eigenvalue weighted by Crippen LogP contribution is -2.14. The Bertz CT molecular complexity index is 436. The van der Waals surface area contributed by atoms with Gasteiger partial charge in [-0.1, -0.05) is 42.1 Å². The molecule has 0 bridgehead atoms. The van der Waals surface area contributed by atoms with Gasteiger partial charge in [0, 0.05) is 17.7 Å². The van der Waals surface area contributed by atoms with Crippen molar-refractivity contribution in [2.45, 2.75) is 11.4 Å². The van der Waals surface area contributed by atoms with Crippen molar-refractivity contribution in [2.75, 3.05) is 5.75 Å². The van der Waals surface area contributed by atoms with Crippen LogP contribution >= 0.6 is 11.8 Å². The summed E-state index contributed by atoms with van der Waals surface area (Å²) in [5, 5.41) is 23.8. The van der Waals surface area contributed by atoms with Crippen LogP contribution in [-0.4, -0.2) is 5.75 Å². The highest BCUT2D eigenvalue weighted by Gasteiger charge is 2.35. The van der Waals surface area contributed by atoms with Crippen LogP contribution in [0.4, 0.5) is 0 Å². The Morgan fingerprint density at radius 3 is 2.50 bits per heavy atom. The second-order valence-corrected chi connectivity index (χ2v) is 4.38. The molecular formula is C10H9N5S. The second kappa shape index (κ2) is 4.86. The summed E-state index contributed by atoms with van der Waals surface area (Å²) in [5.74, 6) is 0.656. The third-order valence-corrected chi connectivity index (χ3v) is 3.28. The van der Waals surface area contributed by atoms with Gasteiger partial charge in [-0.3, -0.25) is 0 Å². The fourth-order valence-electron chi connectivity index (χ4n) is 1.33. The lowest BCUT2D eigenvalue weighted by molar-refractivity contribution is 0.688. The van der Waals surface area contributed by atoms with E-state index in [4.69, 9.17) is 5.26 Å². The van der Waals surface area contributed by atoms with Crippen molar-refractivity contribution in [3.05, 3.63) is 35.9 Å². The van der Waals surface area contributed by atoms with Gasteiger partial charge in [0.15, 0.2) is 0 Å². The molecule has 1 heterocycles. The van der Waals surface area contributed by atoms with E-state index in [-0.39, 0.29) is 0 Å². The molecule has 2 rings (SSSR count). The van der Waals surface area contributed by atoms with Crippen molar-refractivity contribution in [1.29, 1.82) is 5.26 Å². The van der Waals surface area contributed by atoms with Crippen LogP contribution in [0.1, 0.15) is 12.0 Å². The maximum absolute atomic E-state index is 8.52. The molecule has 6 heteroatoms. The standard InChI is InChI=1S/C10H9N5S/c11-7-4-8-16-10(12-14-15-13-10)9-5-2-1-3-6-9/h1-3,5-6H,4,8H2. The zero-order valence-corrected chi connectivity index (χ0v) is 9.26. The van der Waals surface area contributed by atoms with Crippen LogP contribution in [0.15, 0.2) is 51.0 Å². The van der Waals surface area contributed by atoms with Crippen molar-refractivity contribution < 1.29 is 0 Å². The molecular weight excluding hydrogens is 222 g/mol. The number of rotatable bonds is 4. The highest BCUT2D eigenvalue weighted by molar-refractivity contribution is 8.00. The summed E-state index contributed by atoms with van der Waals surface area (Å²) in [6, 6.07) is 11.7. The first-order valence-electron chi connectivity index (χ1n) is 4.78. The summed E-state index contributed by atoms with van der Waals surface area (Å²) in [6.45, 7) is 0. The van der Waals surface area contributed by atoms with Crippen LogP contribution in [0.25, 0.3) is 0 Å². The second-order valence-electron chi connectivity index (χ2n) is 3.11. The highest BCUT2D eigenvalue weighted by atomic mass is 32.2. The van der Waals surface area contributed by atoms with Crippen molar-refractivity contribution in [3.8, 4) is 6.07 Å². The molecule has 0 aliphatic carbocycles. The predicted octanol–water partition coefficient (Wildman–Crippen LogP) is 3.28. The Morgan fingerprint density at radius 2 is 1.88 bits per heavy atom. The van der Waals surface area contributed by atoms with E-state index >= 15 is 0 Å². The molecule has 0 N–H and O–H groups in total. The summed E-state index contributed by atoms with van der Waals surface area (Å²) in [7, 11) is 0. The Morgan fingerprint density at radius 1 is 1.19 bits per heavy atom. The fourth-order valence-corrected chi connectivity index (χ4v) is 2.30. The smallest absolute Gasteiger partial charge is 0.198 e. The quantitative estimate of drug-likeness (QED) is 0.746. The van der Waals surface area contributed by atoms with Crippen LogP contribution in [0.3, 0.4) is 0 Å². The fraction of sp³-hybridized carbons (Fsp3) is 0.300. The molecule has 0 radical (unpaired) electrons. The van der Waals surface area contributed by atoms with E-state index in [9.17, 15) is 0 Å². The zero-order valence-electron chi connectivity index (χ0n) is 8.45.